The summed E-state index contributed by atoms with van der Waals surface area (Å²) >= 11 is 0. The van der Waals surface area contributed by atoms with Crippen molar-refractivity contribution in [2.24, 2.45) is 14.1 Å². The molecular weight excluding hydrogens is 340 g/mol. The summed E-state index contributed by atoms with van der Waals surface area (Å²) in [6.45, 7) is 8.86. The Balaban J connectivity index is 2.36. The van der Waals surface area contributed by atoms with Crippen molar-refractivity contribution >= 4 is 21.9 Å². The third-order valence-electron chi connectivity index (χ3n) is 5.58. The van der Waals surface area contributed by atoms with Gasteiger partial charge in [-0.3, -0.25) is 0 Å². The zero-order valence-electron chi connectivity index (χ0n) is 17.7. The van der Waals surface area contributed by atoms with Gasteiger partial charge in [0, 0.05) is 35.6 Å². The second kappa shape index (κ2) is 6.87. The molecule has 2 aromatic carbocycles. The van der Waals surface area contributed by atoms with E-state index in [0.29, 0.717) is 0 Å². The van der Waals surface area contributed by atoms with Crippen LogP contribution in [0.2, 0.25) is 0 Å². The van der Waals surface area contributed by atoms with Crippen molar-refractivity contribution in [3.8, 4) is 22.5 Å². The average Bonchev–Trinajstić information content (AvgIpc) is 3.12. The zero-order valence-corrected chi connectivity index (χ0v) is 17.7. The van der Waals surface area contributed by atoms with Crippen molar-refractivity contribution in [1.82, 2.24) is 9.13 Å². The molecule has 142 valence electrons. The van der Waals surface area contributed by atoms with Crippen LogP contribution in [0.5, 0.6) is 0 Å². The van der Waals surface area contributed by atoms with Gasteiger partial charge in [-0.15, -0.1) is 0 Å². The van der Waals surface area contributed by atoms with Crippen LogP contribution in [0.4, 0.5) is 0 Å². The first-order valence-corrected chi connectivity index (χ1v) is 9.86. The minimum absolute atomic E-state index is 1.26. The molecule has 0 unspecified atom stereocenters. The molecule has 0 spiro atoms. The van der Waals surface area contributed by atoms with Crippen molar-refractivity contribution in [3.05, 3.63) is 71.4 Å². The fourth-order valence-corrected chi connectivity index (χ4v) is 4.63. The molecule has 2 aromatic heterocycles. The molecule has 0 N–H and O–H groups in total. The molecule has 0 aliphatic carbocycles. The van der Waals surface area contributed by atoms with Crippen molar-refractivity contribution < 1.29 is 0 Å². The van der Waals surface area contributed by atoms with Gasteiger partial charge in [-0.25, -0.2) is 0 Å². The van der Waals surface area contributed by atoms with E-state index in [1.54, 1.807) is 0 Å². The second-order valence-electron chi connectivity index (χ2n) is 7.99. The molecule has 4 rings (SSSR count). The molecule has 4 aromatic rings. The number of hydrogen-bond donors (Lipinski definition) is 0. The van der Waals surface area contributed by atoms with E-state index < -0.39 is 0 Å². The maximum absolute atomic E-state index is 2.38. The van der Waals surface area contributed by atoms with Gasteiger partial charge in [-0.05, 0) is 38.8 Å². The fraction of sp³-hybridized carbons (Fsp3) is 0.231. The Morgan fingerprint density at radius 2 is 0.857 bits per heavy atom. The normalized spacial score (nSPS) is 11.2. The Labute approximate surface area is 167 Å². The van der Waals surface area contributed by atoms with Crippen LogP contribution in [0.25, 0.3) is 44.4 Å². The molecule has 0 atom stereocenters. The van der Waals surface area contributed by atoms with E-state index in [1.807, 2.05) is 0 Å². The number of nitrogens with zero attached hydrogens (tertiary/aromatic N) is 2. The molecule has 0 bridgehead atoms. The average molecular weight is 369 g/mol. The fourth-order valence-electron chi connectivity index (χ4n) is 4.63. The summed E-state index contributed by atoms with van der Waals surface area (Å²) in [4.78, 5) is 0. The van der Waals surface area contributed by atoms with E-state index in [2.05, 4.69) is 112 Å². The Kier molecular flexibility index (Phi) is 4.50. The largest absolute Gasteiger partial charge is 0.343 e. The smallest absolute Gasteiger partial charge is 0.0584 e. The first-order chi connectivity index (χ1) is 13.4. The van der Waals surface area contributed by atoms with Gasteiger partial charge < -0.3 is 9.13 Å². The van der Waals surface area contributed by atoms with Crippen LogP contribution in [-0.2, 0) is 14.1 Å². The standard InChI is InChI=1S/C26H28N2/c1-17(2)23-21-22(26(27(23)5)20-15-11-8-12-16-20)24(18(3)4)28(6)25(21)19-13-9-7-10-14-19/h7-16H,1-6H3. The predicted molar refractivity (Wildman–Crippen MR) is 122 cm³/mol. The van der Waals surface area contributed by atoms with E-state index in [0.717, 1.165) is 0 Å². The molecule has 0 radical (unpaired) electrons. The first kappa shape index (κ1) is 18.4. The van der Waals surface area contributed by atoms with Gasteiger partial charge in [0.15, 0.2) is 0 Å². The van der Waals surface area contributed by atoms with Gasteiger partial charge >= 0.3 is 0 Å². The van der Waals surface area contributed by atoms with Gasteiger partial charge in [-0.1, -0.05) is 71.8 Å². The molecule has 2 heterocycles. The van der Waals surface area contributed by atoms with Crippen LogP contribution in [0.15, 0.2) is 60.7 Å². The third kappa shape index (κ3) is 2.63. The Bertz CT molecular complexity index is 1170. The molecular formula is C26H28N2. The van der Waals surface area contributed by atoms with E-state index in [-0.39, 0.29) is 0 Å². The summed E-state index contributed by atoms with van der Waals surface area (Å²) in [6, 6.07) is 21.5. The number of hydrogen-bond acceptors (Lipinski definition) is 0. The van der Waals surface area contributed by atoms with Gasteiger partial charge in [0.2, 0.25) is 0 Å². The molecule has 2 nitrogen and oxygen atoms in total. The van der Waals surface area contributed by atoms with Gasteiger partial charge in [0.1, 0.15) is 0 Å². The van der Waals surface area contributed by atoms with Crippen LogP contribution in [0.1, 0.15) is 27.7 Å². The molecule has 0 saturated carbocycles. The Morgan fingerprint density at radius 3 is 1.14 bits per heavy atom. The quantitative estimate of drug-likeness (QED) is 0.458. The lowest BCUT2D eigenvalue weighted by molar-refractivity contribution is 0.877. The van der Waals surface area contributed by atoms with E-state index in [4.69, 9.17) is 0 Å². The summed E-state index contributed by atoms with van der Waals surface area (Å²) in [5.74, 6) is 0. The highest BCUT2D eigenvalue weighted by Gasteiger charge is 2.22. The molecule has 0 aliphatic heterocycles. The highest BCUT2D eigenvalue weighted by Crippen LogP contribution is 2.33. The summed E-state index contributed by atoms with van der Waals surface area (Å²) in [6.07, 6.45) is 0. The van der Waals surface area contributed by atoms with E-state index >= 15 is 0 Å². The zero-order chi connectivity index (χ0) is 20.0. The Hall–Kier alpha value is -3.00. The van der Waals surface area contributed by atoms with Crippen LogP contribution in [0.3, 0.4) is 0 Å². The van der Waals surface area contributed by atoms with Crippen LogP contribution in [-0.4, -0.2) is 9.13 Å². The maximum Gasteiger partial charge on any atom is 0.0584 e. The number of fused-ring (bicyclic) bond motifs is 1. The molecule has 0 amide bonds. The predicted octanol–water partition coefficient (Wildman–Crippen LogP) is 5.23. The van der Waals surface area contributed by atoms with Crippen molar-refractivity contribution in [3.63, 3.8) is 0 Å². The minimum atomic E-state index is 1.26. The van der Waals surface area contributed by atoms with Gasteiger partial charge in [0.05, 0.1) is 11.4 Å². The third-order valence-corrected chi connectivity index (χ3v) is 5.58. The molecule has 0 saturated heterocycles. The SMILES string of the molecule is CC(C)=c1c2c(-c3ccccc3)n(C)c(=C(C)C)c2c(-c2ccccc2)n1C. The molecule has 2 heteroatoms. The van der Waals surface area contributed by atoms with Crippen molar-refractivity contribution in [2.45, 2.75) is 27.7 Å². The minimum Gasteiger partial charge on any atom is -0.343 e. The van der Waals surface area contributed by atoms with Crippen molar-refractivity contribution in [2.75, 3.05) is 0 Å². The Morgan fingerprint density at radius 1 is 0.536 bits per heavy atom. The lowest BCUT2D eigenvalue weighted by Gasteiger charge is -2.09. The topological polar surface area (TPSA) is 9.86 Å². The molecule has 0 fully saturated rings. The highest BCUT2D eigenvalue weighted by molar-refractivity contribution is 6.06. The number of benzene rings is 2. The molecule has 0 aliphatic rings. The van der Waals surface area contributed by atoms with Crippen LogP contribution in [0, 0.1) is 0 Å². The summed E-state index contributed by atoms with van der Waals surface area (Å²) in [7, 11) is 4.41. The first-order valence-electron chi connectivity index (χ1n) is 9.86. The lowest BCUT2D eigenvalue weighted by atomic mass is 10.0. The van der Waals surface area contributed by atoms with E-state index in [9.17, 15) is 0 Å². The number of aromatic nitrogens is 2. The maximum atomic E-state index is 2.38. The number of rotatable bonds is 2. The van der Waals surface area contributed by atoms with E-state index in [1.165, 1.54) is 55.1 Å². The summed E-state index contributed by atoms with van der Waals surface area (Å²) in [5, 5.41) is 5.34. The lowest BCUT2D eigenvalue weighted by Crippen LogP contribution is -2.19. The molecule has 28 heavy (non-hydrogen) atoms. The van der Waals surface area contributed by atoms with Gasteiger partial charge in [-0.2, -0.15) is 0 Å². The van der Waals surface area contributed by atoms with Crippen LogP contribution >= 0.6 is 0 Å². The van der Waals surface area contributed by atoms with Crippen molar-refractivity contribution in [1.29, 1.82) is 0 Å². The summed E-state index contributed by atoms with van der Waals surface area (Å²) in [5.41, 5.74) is 7.77. The highest BCUT2D eigenvalue weighted by atomic mass is 15.0. The summed E-state index contributed by atoms with van der Waals surface area (Å²) < 4.78 is 4.77. The van der Waals surface area contributed by atoms with Crippen LogP contribution < -0.4 is 10.7 Å². The van der Waals surface area contributed by atoms with Gasteiger partial charge in [0.25, 0.3) is 0 Å². The second-order valence-corrected chi connectivity index (χ2v) is 7.99. The monoisotopic (exact) mass is 368 g/mol.